The Morgan fingerprint density at radius 2 is 1.81 bits per heavy atom. The van der Waals surface area contributed by atoms with Crippen LogP contribution in [0.2, 0.25) is 0 Å². The Morgan fingerprint density at radius 3 is 2.19 bits per heavy atom. The van der Waals surface area contributed by atoms with Crippen molar-refractivity contribution in [3.05, 3.63) is 29.8 Å². The average molecular weight is 259 g/mol. The quantitative estimate of drug-likeness (QED) is 0.591. The number of sulfonamides is 1. The summed E-state index contributed by atoms with van der Waals surface area (Å²) < 4.78 is 23.4. The second kappa shape index (κ2) is 4.88. The molecule has 0 aromatic heterocycles. The van der Waals surface area contributed by atoms with E-state index in [2.05, 4.69) is 4.83 Å². The molecule has 0 amide bonds. The van der Waals surface area contributed by atoms with Gasteiger partial charge in [-0.05, 0) is 12.1 Å². The van der Waals surface area contributed by atoms with Gasteiger partial charge in [0, 0.05) is 19.7 Å². The number of hydrogen-bond acceptors (Lipinski definition) is 4. The molecule has 7 heteroatoms. The van der Waals surface area contributed by atoms with Crippen molar-refractivity contribution in [2.24, 2.45) is 5.73 Å². The van der Waals surface area contributed by atoms with Crippen molar-refractivity contribution in [2.75, 3.05) is 14.1 Å². The molecule has 0 saturated carbocycles. The van der Waals surface area contributed by atoms with Gasteiger partial charge in [0.25, 0.3) is 10.0 Å². The number of hydrogen-bond donors (Lipinski definition) is 2. The Hall–Kier alpha value is -1.02. The van der Waals surface area contributed by atoms with Crippen molar-refractivity contribution < 1.29 is 8.42 Å². The van der Waals surface area contributed by atoms with Gasteiger partial charge in [-0.15, -0.1) is 4.83 Å². The van der Waals surface area contributed by atoms with Gasteiger partial charge in [0.05, 0.1) is 4.90 Å². The zero-order valence-corrected chi connectivity index (χ0v) is 10.6. The molecular weight excluding hydrogens is 246 g/mol. The molecule has 3 N–H and O–H groups in total. The number of thiocarbonyl (C=S) groups is 1. The Morgan fingerprint density at radius 1 is 1.31 bits per heavy atom. The van der Waals surface area contributed by atoms with E-state index in [1.54, 1.807) is 26.2 Å². The smallest absolute Gasteiger partial charge is 0.253 e. The number of nitrogens with two attached hydrogens (primary N) is 1. The molecule has 1 aromatic rings. The fourth-order valence-electron chi connectivity index (χ4n) is 1.09. The molecule has 1 aromatic carbocycles. The van der Waals surface area contributed by atoms with Crippen LogP contribution in [0.1, 0.15) is 5.56 Å². The van der Waals surface area contributed by atoms with E-state index in [1.807, 2.05) is 0 Å². The van der Waals surface area contributed by atoms with E-state index >= 15 is 0 Å². The normalized spacial score (nSPS) is 11.7. The highest BCUT2D eigenvalue weighted by molar-refractivity contribution is 7.89. The summed E-state index contributed by atoms with van der Waals surface area (Å²) in [6, 6.07) is 6.07. The highest BCUT2D eigenvalue weighted by atomic mass is 32.2. The molecule has 88 valence electrons. The minimum absolute atomic E-state index is 0.168. The first-order valence-electron chi connectivity index (χ1n) is 4.42. The number of nitrogens with zero attached hydrogens (tertiary/aromatic N) is 1. The molecule has 5 nitrogen and oxygen atoms in total. The van der Waals surface area contributed by atoms with E-state index in [0.29, 0.717) is 5.56 Å². The molecular formula is C9H13N3O2S2. The van der Waals surface area contributed by atoms with E-state index in [4.69, 9.17) is 18.0 Å². The predicted octanol–water partition coefficient (Wildman–Crippen LogP) is 0.0757. The monoisotopic (exact) mass is 259 g/mol. The zero-order valence-electron chi connectivity index (χ0n) is 8.97. The van der Waals surface area contributed by atoms with E-state index in [9.17, 15) is 8.42 Å². The minimum atomic E-state index is -3.51. The van der Waals surface area contributed by atoms with E-state index in [1.165, 1.54) is 17.1 Å². The standard InChI is InChI=1S/C9H13N3O2S2/c1-12(2)11-16(13,14)8-5-3-7(4-6-8)9(10)15/h3-6,11H,1-2H3,(H2,10,15). The maximum atomic E-state index is 11.7. The van der Waals surface area contributed by atoms with Crippen molar-refractivity contribution in [2.45, 2.75) is 4.90 Å². The van der Waals surface area contributed by atoms with Gasteiger partial charge >= 0.3 is 0 Å². The fourth-order valence-corrected chi connectivity index (χ4v) is 2.31. The summed E-state index contributed by atoms with van der Waals surface area (Å²) in [4.78, 5) is 2.73. The lowest BCUT2D eigenvalue weighted by Gasteiger charge is -2.12. The van der Waals surface area contributed by atoms with Crippen LogP contribution in [0, 0.1) is 0 Å². The van der Waals surface area contributed by atoms with Gasteiger partial charge in [-0.2, -0.15) is 0 Å². The average Bonchev–Trinajstić information content (AvgIpc) is 2.16. The largest absolute Gasteiger partial charge is 0.389 e. The van der Waals surface area contributed by atoms with Gasteiger partial charge in [0.15, 0.2) is 0 Å². The lowest BCUT2D eigenvalue weighted by atomic mass is 10.2. The van der Waals surface area contributed by atoms with Gasteiger partial charge in [-0.1, -0.05) is 24.4 Å². The molecule has 0 fully saturated rings. The molecule has 0 aliphatic carbocycles. The molecule has 0 heterocycles. The maximum Gasteiger partial charge on any atom is 0.253 e. The summed E-state index contributed by atoms with van der Waals surface area (Å²) in [5, 5.41) is 1.36. The highest BCUT2D eigenvalue weighted by Gasteiger charge is 2.14. The lowest BCUT2D eigenvalue weighted by Crippen LogP contribution is -2.36. The van der Waals surface area contributed by atoms with Gasteiger partial charge in [0.1, 0.15) is 4.99 Å². The number of benzene rings is 1. The minimum Gasteiger partial charge on any atom is -0.389 e. The van der Waals surface area contributed by atoms with Crippen LogP contribution in [0.3, 0.4) is 0 Å². The van der Waals surface area contributed by atoms with Crippen LogP contribution in [0.4, 0.5) is 0 Å². The first-order chi connectivity index (χ1) is 7.33. The van der Waals surface area contributed by atoms with Gasteiger partial charge in [-0.3, -0.25) is 0 Å². The van der Waals surface area contributed by atoms with Crippen molar-refractivity contribution in [3.63, 3.8) is 0 Å². The molecule has 0 radical (unpaired) electrons. The van der Waals surface area contributed by atoms with Crippen LogP contribution in [0.5, 0.6) is 0 Å². The van der Waals surface area contributed by atoms with Gasteiger partial charge < -0.3 is 5.73 Å². The molecule has 0 aliphatic rings. The summed E-state index contributed by atoms with van der Waals surface area (Å²) in [6.45, 7) is 0. The number of hydrazine groups is 1. The lowest BCUT2D eigenvalue weighted by molar-refractivity contribution is 0.364. The fraction of sp³-hybridized carbons (Fsp3) is 0.222. The molecule has 16 heavy (non-hydrogen) atoms. The van der Waals surface area contributed by atoms with Crippen molar-refractivity contribution in [1.82, 2.24) is 9.84 Å². The van der Waals surface area contributed by atoms with Crippen LogP contribution in [0.25, 0.3) is 0 Å². The first kappa shape index (κ1) is 13.0. The van der Waals surface area contributed by atoms with Crippen LogP contribution < -0.4 is 10.6 Å². The van der Waals surface area contributed by atoms with Crippen LogP contribution in [-0.4, -0.2) is 32.5 Å². The topological polar surface area (TPSA) is 75.4 Å². The second-order valence-electron chi connectivity index (χ2n) is 3.38. The van der Waals surface area contributed by atoms with E-state index < -0.39 is 10.0 Å². The van der Waals surface area contributed by atoms with Crippen molar-refractivity contribution >= 4 is 27.2 Å². The van der Waals surface area contributed by atoms with Crippen molar-refractivity contribution in [3.8, 4) is 0 Å². The Bertz CT molecular complexity index is 480. The molecule has 0 unspecified atom stereocenters. The summed E-state index contributed by atoms with van der Waals surface area (Å²) in [5.74, 6) is 0. The van der Waals surface area contributed by atoms with E-state index in [0.717, 1.165) is 0 Å². The first-order valence-corrected chi connectivity index (χ1v) is 6.32. The third-order valence-corrected chi connectivity index (χ3v) is 3.49. The molecule has 0 saturated heterocycles. The van der Waals surface area contributed by atoms with Crippen molar-refractivity contribution in [1.29, 1.82) is 0 Å². The highest BCUT2D eigenvalue weighted by Crippen LogP contribution is 2.10. The molecule has 0 atom stereocenters. The van der Waals surface area contributed by atoms with Crippen LogP contribution >= 0.6 is 12.2 Å². The Kier molecular flexibility index (Phi) is 3.98. The summed E-state index contributed by atoms with van der Waals surface area (Å²) >= 11 is 4.77. The third-order valence-electron chi connectivity index (χ3n) is 1.75. The van der Waals surface area contributed by atoms with Gasteiger partial charge in [0.2, 0.25) is 0 Å². The second-order valence-corrected chi connectivity index (χ2v) is 5.48. The van der Waals surface area contributed by atoms with Crippen LogP contribution in [0.15, 0.2) is 29.2 Å². The predicted molar refractivity (Wildman–Crippen MR) is 66.3 cm³/mol. The molecule has 0 bridgehead atoms. The zero-order chi connectivity index (χ0) is 12.3. The number of rotatable bonds is 4. The Balaban J connectivity index is 3.02. The van der Waals surface area contributed by atoms with E-state index in [-0.39, 0.29) is 9.88 Å². The third kappa shape index (κ3) is 3.24. The molecule has 1 rings (SSSR count). The maximum absolute atomic E-state index is 11.7. The SMILES string of the molecule is CN(C)NS(=O)(=O)c1ccc(C(N)=S)cc1. The summed E-state index contributed by atoms with van der Waals surface area (Å²) in [7, 11) is -0.314. The summed E-state index contributed by atoms with van der Waals surface area (Å²) in [5.41, 5.74) is 6.05. The Labute approximate surface area is 100 Å². The molecule has 0 spiro atoms. The summed E-state index contributed by atoms with van der Waals surface area (Å²) in [6.07, 6.45) is 0. The molecule has 0 aliphatic heterocycles. The van der Waals surface area contributed by atoms with Crippen LogP contribution in [-0.2, 0) is 10.0 Å². The number of nitrogens with one attached hydrogen (secondary N) is 1. The van der Waals surface area contributed by atoms with Gasteiger partial charge in [-0.25, -0.2) is 13.4 Å².